The van der Waals surface area contributed by atoms with Crippen LogP contribution in [0.15, 0.2) is 60.7 Å². The van der Waals surface area contributed by atoms with Crippen molar-refractivity contribution < 1.29 is 10.2 Å². The van der Waals surface area contributed by atoms with Crippen LogP contribution in [0, 0.1) is 0 Å². The van der Waals surface area contributed by atoms with E-state index in [-0.39, 0.29) is 0 Å². The third-order valence-electron chi connectivity index (χ3n) is 3.30. The predicted octanol–water partition coefficient (Wildman–Crippen LogP) is 2.58. The quantitative estimate of drug-likeness (QED) is 0.834. The fourth-order valence-electron chi connectivity index (χ4n) is 2.14. The maximum Gasteiger partial charge on any atom is 0.0839 e. The Labute approximate surface area is 114 Å². The van der Waals surface area contributed by atoms with Gasteiger partial charge < -0.3 is 10.2 Å². The summed E-state index contributed by atoms with van der Waals surface area (Å²) in [6, 6.07) is 19.8. The normalized spacial score (nSPS) is 14.0. The summed E-state index contributed by atoms with van der Waals surface area (Å²) < 4.78 is 0. The Morgan fingerprint density at radius 1 is 0.684 bits per heavy atom. The smallest absolute Gasteiger partial charge is 0.0839 e. The second-order valence-corrected chi connectivity index (χ2v) is 4.85. The highest BCUT2D eigenvalue weighted by atomic mass is 16.3. The number of aliphatic hydroxyl groups excluding tert-OH is 2. The second-order valence-electron chi connectivity index (χ2n) is 4.85. The molecule has 2 heteroatoms. The van der Waals surface area contributed by atoms with Gasteiger partial charge >= 0.3 is 0 Å². The Bertz CT molecular complexity index is 467. The molecular formula is C17H20O2. The van der Waals surface area contributed by atoms with Gasteiger partial charge in [0, 0.05) is 6.42 Å². The van der Waals surface area contributed by atoms with Crippen molar-refractivity contribution in [2.24, 2.45) is 0 Å². The lowest BCUT2D eigenvalue weighted by Crippen LogP contribution is -2.28. The van der Waals surface area contributed by atoms with Crippen molar-refractivity contribution >= 4 is 0 Å². The van der Waals surface area contributed by atoms with Crippen molar-refractivity contribution in [2.45, 2.75) is 31.5 Å². The summed E-state index contributed by atoms with van der Waals surface area (Å²) in [5.41, 5.74) is 2.24. The topological polar surface area (TPSA) is 40.5 Å². The highest BCUT2D eigenvalue weighted by Gasteiger charge is 2.16. The molecule has 2 atom stereocenters. The summed E-state index contributed by atoms with van der Waals surface area (Å²) in [7, 11) is 0. The van der Waals surface area contributed by atoms with Crippen LogP contribution >= 0.6 is 0 Å². The number of hydrogen-bond acceptors (Lipinski definition) is 2. The van der Waals surface area contributed by atoms with Crippen LogP contribution in [0.1, 0.15) is 17.5 Å². The largest absolute Gasteiger partial charge is 0.390 e. The molecule has 0 saturated heterocycles. The van der Waals surface area contributed by atoms with Gasteiger partial charge in [0.25, 0.3) is 0 Å². The van der Waals surface area contributed by atoms with Crippen molar-refractivity contribution in [1.29, 1.82) is 0 Å². The van der Waals surface area contributed by atoms with E-state index in [9.17, 15) is 10.2 Å². The first kappa shape index (κ1) is 13.8. The predicted molar refractivity (Wildman–Crippen MR) is 76.9 cm³/mol. The van der Waals surface area contributed by atoms with E-state index in [1.165, 1.54) is 5.56 Å². The molecule has 2 aromatic rings. The van der Waals surface area contributed by atoms with Crippen molar-refractivity contribution in [3.05, 3.63) is 71.8 Å². The molecule has 0 fully saturated rings. The van der Waals surface area contributed by atoms with Gasteiger partial charge in [0.15, 0.2) is 0 Å². The minimum Gasteiger partial charge on any atom is -0.390 e. The average Bonchev–Trinajstić information content (AvgIpc) is 2.47. The number of aryl methyl sites for hydroxylation is 1. The molecule has 0 aliphatic carbocycles. The summed E-state index contributed by atoms with van der Waals surface area (Å²) in [6.45, 7) is 0. The van der Waals surface area contributed by atoms with E-state index in [0.717, 1.165) is 12.0 Å². The van der Waals surface area contributed by atoms with E-state index >= 15 is 0 Å². The Morgan fingerprint density at radius 2 is 1.21 bits per heavy atom. The SMILES string of the molecule is OC(CCc1ccccc1)C(O)Cc1ccccc1. The van der Waals surface area contributed by atoms with E-state index in [2.05, 4.69) is 0 Å². The summed E-state index contributed by atoms with van der Waals surface area (Å²) in [5.74, 6) is 0. The molecule has 0 heterocycles. The lowest BCUT2D eigenvalue weighted by atomic mass is 9.99. The van der Waals surface area contributed by atoms with Crippen LogP contribution in [0.25, 0.3) is 0 Å². The average molecular weight is 256 g/mol. The summed E-state index contributed by atoms with van der Waals surface area (Å²) in [4.78, 5) is 0. The van der Waals surface area contributed by atoms with E-state index < -0.39 is 12.2 Å². The molecule has 2 unspecified atom stereocenters. The Morgan fingerprint density at radius 3 is 1.79 bits per heavy atom. The maximum absolute atomic E-state index is 10.00. The van der Waals surface area contributed by atoms with E-state index in [4.69, 9.17) is 0 Å². The first-order valence-electron chi connectivity index (χ1n) is 6.69. The Kier molecular flexibility index (Phi) is 5.13. The summed E-state index contributed by atoms with van der Waals surface area (Å²) in [5, 5.41) is 20.0. The molecule has 0 bridgehead atoms. The highest BCUT2D eigenvalue weighted by molar-refractivity contribution is 5.16. The van der Waals surface area contributed by atoms with Crippen LogP contribution in [0.2, 0.25) is 0 Å². The molecular weight excluding hydrogens is 236 g/mol. The van der Waals surface area contributed by atoms with E-state index in [1.54, 1.807) is 0 Å². The first-order valence-corrected chi connectivity index (χ1v) is 6.69. The van der Waals surface area contributed by atoms with Crippen molar-refractivity contribution in [3.8, 4) is 0 Å². The molecule has 2 N–H and O–H groups in total. The van der Waals surface area contributed by atoms with Crippen LogP contribution in [0.4, 0.5) is 0 Å². The lowest BCUT2D eigenvalue weighted by molar-refractivity contribution is 0.0154. The Balaban J connectivity index is 1.81. The molecule has 0 spiro atoms. The standard InChI is InChI=1S/C17H20O2/c18-16(12-11-14-7-3-1-4-8-14)17(19)13-15-9-5-2-6-10-15/h1-10,16-19H,11-13H2. The van der Waals surface area contributed by atoms with Gasteiger partial charge in [-0.15, -0.1) is 0 Å². The molecule has 100 valence electrons. The van der Waals surface area contributed by atoms with Gasteiger partial charge in [-0.1, -0.05) is 60.7 Å². The van der Waals surface area contributed by atoms with Gasteiger partial charge in [-0.3, -0.25) is 0 Å². The third-order valence-corrected chi connectivity index (χ3v) is 3.30. The fourth-order valence-corrected chi connectivity index (χ4v) is 2.14. The number of hydrogen-bond donors (Lipinski definition) is 2. The van der Waals surface area contributed by atoms with E-state index in [1.807, 2.05) is 60.7 Å². The zero-order valence-corrected chi connectivity index (χ0v) is 10.9. The van der Waals surface area contributed by atoms with Crippen LogP contribution in [0.5, 0.6) is 0 Å². The molecule has 19 heavy (non-hydrogen) atoms. The molecule has 0 aromatic heterocycles. The van der Waals surface area contributed by atoms with Crippen molar-refractivity contribution in [2.75, 3.05) is 0 Å². The van der Waals surface area contributed by atoms with Gasteiger partial charge in [0.2, 0.25) is 0 Å². The minimum absolute atomic E-state index is 0.497. The maximum atomic E-state index is 10.00. The zero-order chi connectivity index (χ0) is 13.5. The molecule has 0 aliphatic heterocycles. The summed E-state index contributed by atoms with van der Waals surface area (Å²) >= 11 is 0. The van der Waals surface area contributed by atoms with Crippen LogP contribution in [-0.2, 0) is 12.8 Å². The number of aliphatic hydroxyl groups is 2. The van der Waals surface area contributed by atoms with Crippen molar-refractivity contribution in [3.63, 3.8) is 0 Å². The first-order chi connectivity index (χ1) is 9.25. The monoisotopic (exact) mass is 256 g/mol. The van der Waals surface area contributed by atoms with Gasteiger partial charge in [0.1, 0.15) is 0 Å². The van der Waals surface area contributed by atoms with E-state index in [0.29, 0.717) is 12.8 Å². The highest BCUT2D eigenvalue weighted by Crippen LogP contribution is 2.11. The molecule has 2 rings (SSSR count). The molecule has 0 amide bonds. The summed E-state index contributed by atoms with van der Waals surface area (Å²) in [6.07, 6.45) is 0.481. The van der Waals surface area contributed by atoms with Gasteiger partial charge in [-0.2, -0.15) is 0 Å². The minimum atomic E-state index is -0.703. The Hall–Kier alpha value is -1.64. The fraction of sp³-hybridized carbons (Fsp3) is 0.294. The van der Waals surface area contributed by atoms with Crippen LogP contribution in [-0.4, -0.2) is 22.4 Å². The van der Waals surface area contributed by atoms with Gasteiger partial charge in [0.05, 0.1) is 12.2 Å². The molecule has 0 radical (unpaired) electrons. The number of rotatable bonds is 6. The van der Waals surface area contributed by atoms with Crippen LogP contribution in [0.3, 0.4) is 0 Å². The molecule has 0 aliphatic rings. The number of benzene rings is 2. The van der Waals surface area contributed by atoms with Crippen molar-refractivity contribution in [1.82, 2.24) is 0 Å². The second kappa shape index (κ2) is 7.07. The van der Waals surface area contributed by atoms with Crippen LogP contribution < -0.4 is 0 Å². The molecule has 2 aromatic carbocycles. The zero-order valence-electron chi connectivity index (χ0n) is 10.9. The third kappa shape index (κ3) is 4.51. The van der Waals surface area contributed by atoms with Gasteiger partial charge in [-0.05, 0) is 24.0 Å². The molecule has 0 saturated carbocycles. The molecule has 2 nitrogen and oxygen atoms in total. The van der Waals surface area contributed by atoms with Gasteiger partial charge in [-0.25, -0.2) is 0 Å². The lowest BCUT2D eigenvalue weighted by Gasteiger charge is -2.17.